The number of hydrogen-bond acceptors (Lipinski definition) is 1. The van der Waals surface area contributed by atoms with Crippen molar-refractivity contribution >= 4 is 59.5 Å². The summed E-state index contributed by atoms with van der Waals surface area (Å²) in [4.78, 5) is 0.774. The van der Waals surface area contributed by atoms with Gasteiger partial charge in [0, 0.05) is 11.1 Å². The zero-order valence-corrected chi connectivity index (χ0v) is 37.9. The predicted molar refractivity (Wildman–Crippen MR) is 240 cm³/mol. The molecule has 1 nitrogen and oxygen atoms in total. The minimum Gasteiger partial charge on any atom is -0.207 e. The number of fused-ring (bicyclic) bond motifs is 2. The van der Waals surface area contributed by atoms with Crippen molar-refractivity contribution in [3.8, 4) is 11.2 Å². The van der Waals surface area contributed by atoms with Gasteiger partial charge in [-0.25, -0.2) is 87.8 Å². The maximum absolute atomic E-state index is 15.4. The Morgan fingerprint density at radius 2 is 0.592 bits per heavy atom. The Bertz CT molecular complexity index is 3520. The molecule has 1 atom stereocenters. The molecule has 0 spiro atoms. The molecule has 0 bridgehead atoms. The molecule has 388 valence electrons. The lowest BCUT2D eigenvalue weighted by atomic mass is 9.12. The second kappa shape index (κ2) is 20.5. The highest BCUT2D eigenvalue weighted by Crippen LogP contribution is 2.35. The van der Waals surface area contributed by atoms with Gasteiger partial charge < -0.3 is 0 Å². The second-order valence-corrected chi connectivity index (χ2v) is 18.6. The molecule has 76 heavy (non-hydrogen) atoms. The fourth-order valence-electron chi connectivity index (χ4n) is 8.82. The van der Waals surface area contributed by atoms with Crippen LogP contribution in [0.5, 0.6) is 0 Å². The molecule has 9 rings (SSSR count). The maximum atomic E-state index is 15.4. The minimum absolute atomic E-state index is 0.374. The first-order valence-corrected chi connectivity index (χ1v) is 22.9. The molecule has 9 aromatic carbocycles. The first-order valence-electron chi connectivity index (χ1n) is 21.2. The number of benzene rings is 9. The molecule has 9 aromatic rings. The summed E-state index contributed by atoms with van der Waals surface area (Å²) in [6.07, 6.45) is -7.22. The fourth-order valence-corrected chi connectivity index (χ4v) is 10.8. The highest BCUT2D eigenvalue weighted by atomic mass is 32.2. The van der Waals surface area contributed by atoms with E-state index in [-0.39, 0.29) is 0 Å². The van der Waals surface area contributed by atoms with E-state index in [9.17, 15) is 56.9 Å². The summed E-state index contributed by atoms with van der Waals surface area (Å²) < 4.78 is 308. The van der Waals surface area contributed by atoms with Gasteiger partial charge in [-0.1, -0.05) is 89.1 Å². The Balaban J connectivity index is 0.000000215. The van der Waals surface area contributed by atoms with Crippen LogP contribution in [0, 0.1) is 128 Å². The van der Waals surface area contributed by atoms with Crippen molar-refractivity contribution in [2.75, 3.05) is 0 Å². The third-order valence-corrected chi connectivity index (χ3v) is 14.4. The van der Waals surface area contributed by atoms with E-state index in [0.717, 1.165) is 37.6 Å². The molecule has 0 N–H and O–H groups in total. The first-order chi connectivity index (χ1) is 35.9. The monoisotopic (exact) mass is 1100 g/mol. The van der Waals surface area contributed by atoms with Gasteiger partial charge in [0.15, 0.2) is 95.6 Å². The molecule has 0 aliphatic heterocycles. The van der Waals surface area contributed by atoms with Crippen molar-refractivity contribution in [1.29, 1.82) is 0 Å². The van der Waals surface area contributed by atoms with Crippen LogP contribution in [0.15, 0.2) is 120 Å². The van der Waals surface area contributed by atoms with E-state index < -0.39 is 154 Å². The SMILES string of the molecule is Fc1c(F)c(F)c([B-](c2c(F)c(F)c(F)c(F)c2F)(c2c(F)c(F)c(F)c(F)c2F)c2c(F)c(F)c(F)c(F)c2F)c(F)c1F.O=[S+](C#Cc1ccccc1)(Cc1c2ccccc2cc2ccccc12)c1ccccc1. The summed E-state index contributed by atoms with van der Waals surface area (Å²) in [5.74, 6) is -67.9. The first kappa shape index (κ1) is 54.1. The zero-order chi connectivity index (χ0) is 55.5. The summed E-state index contributed by atoms with van der Waals surface area (Å²) in [5.41, 5.74) is -12.4. The van der Waals surface area contributed by atoms with Crippen LogP contribution in [0.1, 0.15) is 11.1 Å². The van der Waals surface area contributed by atoms with Gasteiger partial charge in [0.1, 0.15) is 52.7 Å². The second-order valence-electron chi connectivity index (χ2n) is 16.3. The average molecular weight is 1100 g/mol. The molecule has 0 saturated heterocycles. The van der Waals surface area contributed by atoms with Crippen molar-refractivity contribution in [2.24, 2.45) is 0 Å². The molecule has 0 amide bonds. The van der Waals surface area contributed by atoms with Crippen molar-refractivity contribution in [1.82, 2.24) is 0 Å². The van der Waals surface area contributed by atoms with Crippen molar-refractivity contribution < 1.29 is 92.0 Å². The minimum atomic E-state index is -7.22. The van der Waals surface area contributed by atoms with Crippen LogP contribution in [0.4, 0.5) is 87.8 Å². The van der Waals surface area contributed by atoms with Crippen molar-refractivity contribution in [3.63, 3.8) is 0 Å². The molecule has 0 aliphatic rings. The largest absolute Gasteiger partial charge is 0.207 e. The molecule has 0 aromatic heterocycles. The molecule has 1 unspecified atom stereocenters. The molecular formula is C53H21BF20OS. The molecule has 0 saturated carbocycles. The predicted octanol–water partition coefficient (Wildman–Crippen LogP) is 12.9. The third kappa shape index (κ3) is 8.67. The molecule has 0 fully saturated rings. The number of rotatable bonds is 7. The molecule has 0 radical (unpaired) electrons. The lowest BCUT2D eigenvalue weighted by Crippen LogP contribution is -2.81. The third-order valence-electron chi connectivity index (χ3n) is 12.2. The quantitative estimate of drug-likeness (QED) is 0.0296. The van der Waals surface area contributed by atoms with Gasteiger partial charge >= 0.3 is 0 Å². The molecular weight excluding hydrogens is 1080 g/mol. The topological polar surface area (TPSA) is 17.1 Å². The van der Waals surface area contributed by atoms with Crippen LogP contribution in [0.3, 0.4) is 0 Å². The number of halogens is 20. The highest BCUT2D eigenvalue weighted by molar-refractivity contribution is 8.06. The fraction of sp³-hybridized carbons (Fsp3) is 0.0189. The highest BCUT2D eigenvalue weighted by Gasteiger charge is 2.52. The Hall–Kier alpha value is -8.13. The molecule has 23 heteroatoms. The summed E-state index contributed by atoms with van der Waals surface area (Å²) in [7, 11) is -2.66. The van der Waals surface area contributed by atoms with Gasteiger partial charge in [-0.2, -0.15) is 0 Å². The van der Waals surface area contributed by atoms with Crippen molar-refractivity contribution in [3.05, 3.63) is 243 Å². The van der Waals surface area contributed by atoms with Gasteiger partial charge in [0.25, 0.3) is 0 Å². The van der Waals surface area contributed by atoms with E-state index >= 15 is 35.1 Å². The Labute approximate surface area is 415 Å². The Kier molecular flexibility index (Phi) is 14.6. The van der Waals surface area contributed by atoms with Crippen LogP contribution in [-0.2, 0) is 19.9 Å². The smallest absolute Gasteiger partial charge is 0.200 e. The molecule has 0 heterocycles. The van der Waals surface area contributed by atoms with Crippen LogP contribution in [-0.4, -0.2) is 6.15 Å². The van der Waals surface area contributed by atoms with Gasteiger partial charge in [-0.3, -0.25) is 0 Å². The van der Waals surface area contributed by atoms with E-state index in [1.54, 1.807) is 0 Å². The van der Waals surface area contributed by atoms with E-state index in [0.29, 0.717) is 5.75 Å². The summed E-state index contributed by atoms with van der Waals surface area (Å²) in [5, 5.41) is 7.76. The van der Waals surface area contributed by atoms with E-state index in [1.165, 1.54) is 0 Å². The van der Waals surface area contributed by atoms with E-state index in [2.05, 4.69) is 41.5 Å². The lowest BCUT2D eigenvalue weighted by molar-refractivity contribution is 0.378. The molecule has 0 aliphatic carbocycles. The average Bonchev–Trinajstić information content (AvgIpc) is 3.43. The maximum Gasteiger partial charge on any atom is 0.200 e. The van der Waals surface area contributed by atoms with Crippen LogP contribution in [0.25, 0.3) is 21.5 Å². The zero-order valence-electron chi connectivity index (χ0n) is 37.1. The van der Waals surface area contributed by atoms with Gasteiger partial charge in [-0.05, 0) is 57.8 Å². The summed E-state index contributed by atoms with van der Waals surface area (Å²) in [6, 6.07) is 38.3. The van der Waals surface area contributed by atoms with Crippen LogP contribution >= 0.6 is 0 Å². The van der Waals surface area contributed by atoms with E-state index in [1.807, 2.05) is 84.9 Å². The Morgan fingerprint density at radius 1 is 0.329 bits per heavy atom. The summed E-state index contributed by atoms with van der Waals surface area (Å²) in [6.45, 7) is 0. The standard InChI is InChI=1S/C29H21OS.C24BF20/c30-31(26-15-5-2-6-16-26,20-19-23-11-3-1-4-12-23)22-29-27-17-9-7-13-24(27)21-25-14-8-10-18-28(25)29;26-5-1(6(27)14(35)21(42)13(5)34)25(2-7(28)15(36)22(43)16(37)8(2)29,3-9(30)17(38)23(44)18(39)10(3)31)4-11(32)19(40)24(45)20(41)12(4)33/h1-18,21H,22H2;/q+1;-1. The van der Waals surface area contributed by atoms with Crippen LogP contribution < -0.4 is 21.9 Å². The van der Waals surface area contributed by atoms with E-state index in [4.69, 9.17) is 0 Å². The summed E-state index contributed by atoms with van der Waals surface area (Å²) >= 11 is 0. The lowest BCUT2D eigenvalue weighted by Gasteiger charge is -2.44. The number of hydrogen-bond donors (Lipinski definition) is 0. The van der Waals surface area contributed by atoms with Gasteiger partial charge in [0.05, 0.1) is 0 Å². The van der Waals surface area contributed by atoms with Crippen LogP contribution in [0.2, 0.25) is 0 Å². The van der Waals surface area contributed by atoms with Gasteiger partial charge in [-0.15, -0.1) is 21.9 Å². The van der Waals surface area contributed by atoms with Crippen molar-refractivity contribution in [2.45, 2.75) is 10.6 Å². The Morgan fingerprint density at radius 3 is 0.908 bits per heavy atom. The normalized spacial score (nSPS) is 12.3. The van der Waals surface area contributed by atoms with Gasteiger partial charge in [0.2, 0.25) is 0 Å².